The molecule has 0 fully saturated rings. The first kappa shape index (κ1) is 20.5. The van der Waals surface area contributed by atoms with E-state index in [-0.39, 0.29) is 12.5 Å². The van der Waals surface area contributed by atoms with Crippen LogP contribution >= 0.6 is 0 Å². The number of ether oxygens (including phenoxy) is 2. The van der Waals surface area contributed by atoms with Crippen molar-refractivity contribution in [3.8, 4) is 11.5 Å². The third kappa shape index (κ3) is 6.11. The van der Waals surface area contributed by atoms with Gasteiger partial charge < -0.3 is 14.8 Å². The molecule has 0 aromatic heterocycles. The molecule has 0 aliphatic carbocycles. The van der Waals surface area contributed by atoms with Crippen LogP contribution in [0.25, 0.3) is 0 Å². The Bertz CT molecular complexity index is 934. The molecule has 3 aromatic carbocycles. The number of carbonyl (C=O) groups is 1. The molecule has 29 heavy (non-hydrogen) atoms. The smallest absolute Gasteiger partial charge is 0.262 e. The predicted octanol–water partition coefficient (Wildman–Crippen LogP) is 5.71. The maximum Gasteiger partial charge on any atom is 0.262 e. The maximum absolute atomic E-state index is 12.2. The van der Waals surface area contributed by atoms with Crippen LogP contribution in [0.1, 0.15) is 36.5 Å². The highest BCUT2D eigenvalue weighted by Crippen LogP contribution is 2.23. The minimum absolute atomic E-state index is 0.0350. The Kier molecular flexibility index (Phi) is 6.90. The van der Waals surface area contributed by atoms with Gasteiger partial charge in [-0.1, -0.05) is 50.2 Å². The fourth-order valence-electron chi connectivity index (χ4n) is 3.11. The van der Waals surface area contributed by atoms with Crippen LogP contribution in [0.4, 0.5) is 5.69 Å². The van der Waals surface area contributed by atoms with Gasteiger partial charge >= 0.3 is 0 Å². The van der Waals surface area contributed by atoms with Gasteiger partial charge in [-0.2, -0.15) is 0 Å². The van der Waals surface area contributed by atoms with E-state index >= 15 is 0 Å². The standard InChI is InChI=1S/C25H27NO3/c1-18(2)24-14-13-23(15-19(24)3)29-17-25(27)26-21-9-11-22(12-10-21)28-16-20-7-5-4-6-8-20/h4-15,18H,16-17H2,1-3H3,(H,26,27). The molecule has 3 aromatic rings. The molecule has 0 bridgehead atoms. The van der Waals surface area contributed by atoms with E-state index in [2.05, 4.69) is 32.2 Å². The number of aryl methyl sites for hydroxylation is 1. The molecular weight excluding hydrogens is 362 g/mol. The normalized spacial score (nSPS) is 10.6. The van der Waals surface area contributed by atoms with Crippen LogP contribution in [0.15, 0.2) is 72.8 Å². The molecule has 0 saturated heterocycles. The first-order chi connectivity index (χ1) is 14.0. The molecule has 4 heteroatoms. The Morgan fingerprint density at radius 2 is 1.59 bits per heavy atom. The van der Waals surface area contributed by atoms with Gasteiger partial charge in [0.05, 0.1) is 0 Å². The fraction of sp³-hybridized carbons (Fsp3) is 0.240. The highest BCUT2D eigenvalue weighted by molar-refractivity contribution is 5.91. The average molecular weight is 389 g/mol. The van der Waals surface area contributed by atoms with Crippen molar-refractivity contribution in [2.45, 2.75) is 33.3 Å². The first-order valence-corrected chi connectivity index (χ1v) is 9.81. The summed E-state index contributed by atoms with van der Waals surface area (Å²) in [4.78, 5) is 12.2. The number of hydrogen-bond donors (Lipinski definition) is 1. The number of nitrogens with one attached hydrogen (secondary N) is 1. The molecular formula is C25H27NO3. The Labute approximate surface area is 172 Å². The van der Waals surface area contributed by atoms with Crippen molar-refractivity contribution in [3.05, 3.63) is 89.5 Å². The van der Waals surface area contributed by atoms with Crippen LogP contribution in [0, 0.1) is 6.92 Å². The van der Waals surface area contributed by atoms with Gasteiger partial charge in [0.15, 0.2) is 6.61 Å². The molecule has 1 N–H and O–H groups in total. The quantitative estimate of drug-likeness (QED) is 0.536. The lowest BCUT2D eigenvalue weighted by Crippen LogP contribution is -2.20. The van der Waals surface area contributed by atoms with Crippen molar-refractivity contribution in [1.29, 1.82) is 0 Å². The summed E-state index contributed by atoms with van der Waals surface area (Å²) >= 11 is 0. The highest BCUT2D eigenvalue weighted by atomic mass is 16.5. The second-order valence-corrected chi connectivity index (χ2v) is 7.31. The molecule has 0 radical (unpaired) electrons. The van der Waals surface area contributed by atoms with E-state index in [4.69, 9.17) is 9.47 Å². The van der Waals surface area contributed by atoms with E-state index in [0.717, 1.165) is 11.3 Å². The molecule has 1 amide bonds. The van der Waals surface area contributed by atoms with Gasteiger partial charge in [0, 0.05) is 5.69 Å². The molecule has 0 aliphatic rings. The molecule has 0 atom stereocenters. The predicted molar refractivity (Wildman–Crippen MR) is 117 cm³/mol. The van der Waals surface area contributed by atoms with Crippen molar-refractivity contribution in [1.82, 2.24) is 0 Å². The Hall–Kier alpha value is -3.27. The lowest BCUT2D eigenvalue weighted by atomic mass is 9.98. The Morgan fingerprint density at radius 1 is 0.897 bits per heavy atom. The summed E-state index contributed by atoms with van der Waals surface area (Å²) in [5, 5.41) is 2.84. The topological polar surface area (TPSA) is 47.6 Å². The van der Waals surface area contributed by atoms with Crippen LogP contribution in [0.3, 0.4) is 0 Å². The molecule has 150 valence electrons. The van der Waals surface area contributed by atoms with Gasteiger partial charge in [0.1, 0.15) is 18.1 Å². The van der Waals surface area contributed by atoms with Crippen molar-refractivity contribution in [2.75, 3.05) is 11.9 Å². The summed E-state index contributed by atoms with van der Waals surface area (Å²) in [7, 11) is 0. The number of carbonyl (C=O) groups excluding carboxylic acids is 1. The summed E-state index contributed by atoms with van der Waals surface area (Å²) in [6.45, 7) is 6.86. The lowest BCUT2D eigenvalue weighted by molar-refractivity contribution is -0.118. The summed E-state index contributed by atoms with van der Waals surface area (Å²) < 4.78 is 11.4. The van der Waals surface area contributed by atoms with Crippen molar-refractivity contribution >= 4 is 11.6 Å². The maximum atomic E-state index is 12.2. The SMILES string of the molecule is Cc1cc(OCC(=O)Nc2ccc(OCc3ccccc3)cc2)ccc1C(C)C. The van der Waals surface area contributed by atoms with Gasteiger partial charge in [-0.15, -0.1) is 0 Å². The summed E-state index contributed by atoms with van der Waals surface area (Å²) in [6, 6.07) is 23.3. The van der Waals surface area contributed by atoms with Gasteiger partial charge in [0.2, 0.25) is 0 Å². The Morgan fingerprint density at radius 3 is 2.24 bits per heavy atom. The van der Waals surface area contributed by atoms with E-state index in [1.165, 1.54) is 11.1 Å². The summed E-state index contributed by atoms with van der Waals surface area (Å²) in [6.07, 6.45) is 0. The van der Waals surface area contributed by atoms with Gasteiger partial charge in [-0.3, -0.25) is 4.79 Å². The van der Waals surface area contributed by atoms with E-state index in [9.17, 15) is 4.79 Å². The molecule has 0 saturated carbocycles. The van der Waals surface area contributed by atoms with Crippen LogP contribution < -0.4 is 14.8 Å². The second kappa shape index (κ2) is 9.78. The third-order valence-electron chi connectivity index (χ3n) is 4.62. The van der Waals surface area contributed by atoms with Crippen molar-refractivity contribution in [3.63, 3.8) is 0 Å². The minimum atomic E-state index is -0.200. The molecule has 0 spiro atoms. The molecule has 0 aliphatic heterocycles. The third-order valence-corrected chi connectivity index (χ3v) is 4.62. The summed E-state index contributed by atoms with van der Waals surface area (Å²) in [5.74, 6) is 1.72. The highest BCUT2D eigenvalue weighted by Gasteiger charge is 2.07. The largest absolute Gasteiger partial charge is 0.489 e. The number of rotatable bonds is 8. The lowest BCUT2D eigenvalue weighted by Gasteiger charge is -2.12. The van der Waals surface area contributed by atoms with Crippen molar-refractivity contribution in [2.24, 2.45) is 0 Å². The minimum Gasteiger partial charge on any atom is -0.489 e. The molecule has 0 heterocycles. The van der Waals surface area contributed by atoms with Crippen LogP contribution in [-0.4, -0.2) is 12.5 Å². The first-order valence-electron chi connectivity index (χ1n) is 9.81. The van der Waals surface area contributed by atoms with E-state index in [1.807, 2.05) is 66.7 Å². The van der Waals surface area contributed by atoms with Gasteiger partial charge in [-0.05, 0) is 65.9 Å². The molecule has 0 unspecified atom stereocenters. The Balaban J connectivity index is 1.47. The molecule has 4 nitrogen and oxygen atoms in total. The monoisotopic (exact) mass is 389 g/mol. The van der Waals surface area contributed by atoms with Gasteiger partial charge in [0.25, 0.3) is 5.91 Å². The zero-order chi connectivity index (χ0) is 20.6. The van der Waals surface area contributed by atoms with E-state index < -0.39 is 0 Å². The second-order valence-electron chi connectivity index (χ2n) is 7.31. The van der Waals surface area contributed by atoms with Crippen LogP contribution in [0.2, 0.25) is 0 Å². The number of anilines is 1. The summed E-state index contributed by atoms with van der Waals surface area (Å²) in [5.41, 5.74) is 4.27. The zero-order valence-corrected chi connectivity index (χ0v) is 17.1. The fourth-order valence-corrected chi connectivity index (χ4v) is 3.11. The van der Waals surface area contributed by atoms with Crippen molar-refractivity contribution < 1.29 is 14.3 Å². The zero-order valence-electron chi connectivity index (χ0n) is 17.1. The number of hydrogen-bond acceptors (Lipinski definition) is 3. The average Bonchev–Trinajstić information content (AvgIpc) is 2.72. The number of benzene rings is 3. The van der Waals surface area contributed by atoms with E-state index in [1.54, 1.807) is 0 Å². The van der Waals surface area contributed by atoms with Gasteiger partial charge in [-0.25, -0.2) is 0 Å². The van der Waals surface area contributed by atoms with E-state index in [0.29, 0.717) is 24.0 Å². The van der Waals surface area contributed by atoms with Crippen LogP contribution in [0.5, 0.6) is 11.5 Å². The molecule has 3 rings (SSSR count). The number of amides is 1. The van der Waals surface area contributed by atoms with Crippen LogP contribution in [-0.2, 0) is 11.4 Å².